The number of rotatable bonds is 7. The lowest BCUT2D eigenvalue weighted by molar-refractivity contribution is -0.138. The van der Waals surface area contributed by atoms with Crippen LogP contribution in [0.2, 0.25) is 0 Å². The second-order valence-corrected chi connectivity index (χ2v) is 13.3. The molecule has 0 radical (unpaired) electrons. The summed E-state index contributed by atoms with van der Waals surface area (Å²) in [7, 11) is 0. The average Bonchev–Trinajstić information content (AvgIpc) is 3.78. The highest BCUT2D eigenvalue weighted by atomic mass is 32.1. The molecule has 7 rings (SSSR count). The van der Waals surface area contributed by atoms with Crippen molar-refractivity contribution in [1.82, 2.24) is 25.2 Å². The van der Waals surface area contributed by atoms with Crippen molar-refractivity contribution in [2.75, 3.05) is 6.61 Å². The van der Waals surface area contributed by atoms with E-state index in [0.29, 0.717) is 28.6 Å². The zero-order valence-corrected chi connectivity index (χ0v) is 26.9. The zero-order valence-electron chi connectivity index (χ0n) is 26.1. The van der Waals surface area contributed by atoms with Crippen LogP contribution in [0.25, 0.3) is 27.9 Å². The highest BCUT2D eigenvalue weighted by molar-refractivity contribution is 7.14. The molecule has 14 heteroatoms. The number of alkyl halides is 5. The summed E-state index contributed by atoms with van der Waals surface area (Å²) >= 11 is 1.08. The Morgan fingerprint density at radius 2 is 1.69 bits per heavy atom. The zero-order chi connectivity index (χ0) is 34.5. The lowest BCUT2D eigenvalue weighted by Gasteiger charge is -2.38. The second-order valence-electron chi connectivity index (χ2n) is 12.1. The highest BCUT2D eigenvalue weighted by Gasteiger charge is 2.49. The molecule has 8 nitrogen and oxygen atoms in total. The summed E-state index contributed by atoms with van der Waals surface area (Å²) in [5.74, 6) is -4.29. The minimum atomic E-state index is -4.60. The number of hydrogen-bond acceptors (Lipinski definition) is 6. The molecule has 2 aliphatic rings. The number of nitrogens with one attached hydrogen (secondary N) is 2. The molecule has 1 saturated carbocycles. The molecule has 1 fully saturated rings. The van der Waals surface area contributed by atoms with Crippen molar-refractivity contribution in [2.24, 2.45) is 0 Å². The molecule has 0 spiro atoms. The van der Waals surface area contributed by atoms with Crippen LogP contribution in [-0.4, -0.2) is 51.2 Å². The largest absolute Gasteiger partial charge is 0.449 e. The summed E-state index contributed by atoms with van der Waals surface area (Å²) in [5, 5.41) is 9.07. The topological polar surface area (TPSA) is 97.6 Å². The van der Waals surface area contributed by atoms with E-state index in [9.17, 15) is 22.8 Å². The average molecular weight is 696 g/mol. The first-order valence-corrected chi connectivity index (χ1v) is 16.6. The first-order chi connectivity index (χ1) is 23.4. The first-order valence-electron chi connectivity index (χ1n) is 15.8. The van der Waals surface area contributed by atoms with E-state index >= 15 is 8.78 Å². The molecule has 0 saturated heterocycles. The fourth-order valence-electron chi connectivity index (χ4n) is 6.78. The number of carbonyl (C=O) groups is 2. The van der Waals surface area contributed by atoms with Gasteiger partial charge in [0.15, 0.2) is 5.65 Å². The number of carbonyl (C=O) groups excluding carboxylic acids is 2. The van der Waals surface area contributed by atoms with Gasteiger partial charge in [-0.3, -0.25) is 4.79 Å². The van der Waals surface area contributed by atoms with Crippen LogP contribution in [0.15, 0.2) is 73.2 Å². The normalized spacial score (nSPS) is 18.6. The summed E-state index contributed by atoms with van der Waals surface area (Å²) in [6, 6.07) is 14.4. The van der Waals surface area contributed by atoms with Crippen LogP contribution < -0.4 is 10.6 Å². The van der Waals surface area contributed by atoms with E-state index in [0.717, 1.165) is 44.3 Å². The van der Waals surface area contributed by atoms with Gasteiger partial charge in [-0.05, 0) is 47.6 Å². The van der Waals surface area contributed by atoms with Crippen LogP contribution >= 0.6 is 11.3 Å². The molecule has 2 N–H and O–H groups in total. The Bertz CT molecular complexity index is 2010. The van der Waals surface area contributed by atoms with E-state index < -0.39 is 48.2 Å². The van der Waals surface area contributed by atoms with Gasteiger partial charge in [-0.2, -0.15) is 18.3 Å². The van der Waals surface area contributed by atoms with Crippen molar-refractivity contribution in [1.29, 1.82) is 0 Å². The van der Waals surface area contributed by atoms with Crippen LogP contribution in [-0.2, 0) is 17.3 Å². The number of ether oxygens (including phenoxy) is 1. The van der Waals surface area contributed by atoms with E-state index in [1.807, 2.05) is 55.5 Å². The van der Waals surface area contributed by atoms with Gasteiger partial charge in [-0.1, -0.05) is 55.5 Å². The predicted octanol–water partition coefficient (Wildman–Crippen LogP) is 7.86. The van der Waals surface area contributed by atoms with Gasteiger partial charge in [0, 0.05) is 40.7 Å². The Labute approximate surface area is 281 Å². The van der Waals surface area contributed by atoms with Gasteiger partial charge in [0.1, 0.15) is 12.6 Å². The highest BCUT2D eigenvalue weighted by Crippen LogP contribution is 2.44. The molecule has 3 heterocycles. The fraction of sp³-hybridized carbons (Fsp3) is 0.314. The summed E-state index contributed by atoms with van der Waals surface area (Å²) in [6.45, 7) is 1.84. The monoisotopic (exact) mass is 695 g/mol. The molecule has 5 aromatic rings. The number of nitrogens with zero attached hydrogens (tertiary/aromatic N) is 3. The fourth-order valence-corrected chi connectivity index (χ4v) is 7.80. The summed E-state index contributed by atoms with van der Waals surface area (Å²) in [4.78, 5) is 31.3. The second kappa shape index (κ2) is 12.6. The van der Waals surface area contributed by atoms with Crippen molar-refractivity contribution in [3.63, 3.8) is 0 Å². The SMILES string of the molecule is CCc1sc(C(=O)N[C@@H]2[C@@H](NC(=O)OCC3c4ccccc4-c4ccccc43)CCCC2(F)F)cc1-c1cnn2cc(C(F)(F)F)cnc12. The minimum absolute atomic E-state index is 0.00763. The molecular formula is C35H30F5N5O3S. The Hall–Kier alpha value is -4.85. The van der Waals surface area contributed by atoms with E-state index in [-0.39, 0.29) is 35.9 Å². The van der Waals surface area contributed by atoms with Crippen molar-refractivity contribution in [3.05, 3.63) is 99.6 Å². The molecule has 2 atom stereocenters. The van der Waals surface area contributed by atoms with Gasteiger partial charge in [-0.25, -0.2) is 23.1 Å². The number of benzene rings is 2. The smallest absolute Gasteiger partial charge is 0.419 e. The van der Waals surface area contributed by atoms with Crippen LogP contribution in [0.5, 0.6) is 0 Å². The lowest BCUT2D eigenvalue weighted by Crippen LogP contribution is -2.62. The van der Waals surface area contributed by atoms with E-state index in [1.54, 1.807) is 0 Å². The molecule has 0 bridgehead atoms. The van der Waals surface area contributed by atoms with Crippen molar-refractivity contribution in [2.45, 2.75) is 62.7 Å². The van der Waals surface area contributed by atoms with E-state index in [2.05, 4.69) is 20.7 Å². The van der Waals surface area contributed by atoms with Gasteiger partial charge in [-0.15, -0.1) is 11.3 Å². The van der Waals surface area contributed by atoms with Crippen molar-refractivity contribution >= 4 is 29.0 Å². The maximum Gasteiger partial charge on any atom is 0.419 e. The maximum absolute atomic E-state index is 15.4. The van der Waals surface area contributed by atoms with E-state index in [1.165, 1.54) is 12.3 Å². The van der Waals surface area contributed by atoms with Crippen LogP contribution in [0.4, 0.5) is 26.7 Å². The number of alkyl carbamates (subject to hydrolysis) is 1. The van der Waals surface area contributed by atoms with Gasteiger partial charge >= 0.3 is 12.3 Å². The predicted molar refractivity (Wildman–Crippen MR) is 173 cm³/mol. The molecule has 3 aromatic heterocycles. The van der Waals surface area contributed by atoms with Gasteiger partial charge < -0.3 is 15.4 Å². The Kier molecular flexibility index (Phi) is 8.37. The number of amides is 2. The number of aryl methyl sites for hydroxylation is 1. The van der Waals surface area contributed by atoms with E-state index in [4.69, 9.17) is 4.74 Å². The summed E-state index contributed by atoms with van der Waals surface area (Å²) < 4.78 is 76.9. The van der Waals surface area contributed by atoms with Crippen molar-refractivity contribution < 1.29 is 36.3 Å². The van der Waals surface area contributed by atoms with Gasteiger partial charge in [0.25, 0.3) is 11.8 Å². The lowest BCUT2D eigenvalue weighted by atomic mass is 9.87. The Morgan fingerprint density at radius 1 is 1.00 bits per heavy atom. The third-order valence-electron chi connectivity index (χ3n) is 9.14. The number of thiophene rings is 1. The molecule has 0 unspecified atom stereocenters. The van der Waals surface area contributed by atoms with Crippen LogP contribution in [0, 0.1) is 0 Å². The molecule has 254 valence electrons. The Balaban J connectivity index is 1.07. The number of halogens is 5. The molecule has 2 amide bonds. The summed E-state index contributed by atoms with van der Waals surface area (Å²) in [6.07, 6.45) is -2.24. The van der Waals surface area contributed by atoms with Gasteiger partial charge in [0.05, 0.1) is 22.7 Å². The standard InChI is InChI=1S/C35H30F5N5O3S/c1-2-28-24(25-16-42-45-17-19(35(38,39)40)15-41-31(25)45)14-29(49-28)32(46)44-30-27(12-7-13-34(30,36)37)43-33(47)48-18-26-22-10-5-3-8-20(22)21-9-4-6-11-23(21)26/h3-6,8-11,14-17,26-27,30H,2,7,12-13,18H2,1H3,(H,43,47)(H,44,46)/t27-,30+/m0/s1. The molecule has 49 heavy (non-hydrogen) atoms. The Morgan fingerprint density at radius 3 is 2.37 bits per heavy atom. The number of fused-ring (bicyclic) bond motifs is 4. The third-order valence-corrected chi connectivity index (χ3v) is 10.4. The molecule has 2 aliphatic carbocycles. The van der Waals surface area contributed by atoms with Crippen LogP contribution in [0.1, 0.15) is 63.3 Å². The summed E-state index contributed by atoms with van der Waals surface area (Å²) in [5.41, 5.74) is 4.24. The molecular weight excluding hydrogens is 665 g/mol. The number of hydrogen-bond donors (Lipinski definition) is 2. The number of aromatic nitrogens is 3. The van der Waals surface area contributed by atoms with Crippen molar-refractivity contribution in [3.8, 4) is 22.3 Å². The molecule has 0 aliphatic heterocycles. The maximum atomic E-state index is 15.4. The first kappa shape index (κ1) is 32.7. The van der Waals surface area contributed by atoms with Gasteiger partial charge in [0.2, 0.25) is 0 Å². The minimum Gasteiger partial charge on any atom is -0.449 e. The molecule has 2 aromatic carbocycles. The van der Waals surface area contributed by atoms with Crippen LogP contribution in [0.3, 0.4) is 0 Å². The quantitative estimate of drug-likeness (QED) is 0.169. The third kappa shape index (κ3) is 6.13.